The molecule has 1 aliphatic heterocycles. The Kier molecular flexibility index (Phi) is 3.98. The summed E-state index contributed by atoms with van der Waals surface area (Å²) in [6.07, 6.45) is 7.06. The van der Waals surface area contributed by atoms with E-state index in [1.54, 1.807) is 0 Å². The second-order valence-electron chi connectivity index (χ2n) is 3.82. The molecule has 1 amide bonds. The SMILES string of the molecule is C#CC1(O)CCN(C(=O)OCCCC)C1. The molecule has 1 heterocycles. The van der Waals surface area contributed by atoms with Crippen LogP contribution in [0.25, 0.3) is 0 Å². The number of likely N-dealkylation sites (tertiary alicyclic amines) is 1. The largest absolute Gasteiger partial charge is 0.449 e. The zero-order valence-electron chi connectivity index (χ0n) is 9.03. The lowest BCUT2D eigenvalue weighted by Gasteiger charge is -2.17. The molecule has 0 aliphatic carbocycles. The topological polar surface area (TPSA) is 49.8 Å². The first kappa shape index (κ1) is 11.9. The summed E-state index contributed by atoms with van der Waals surface area (Å²) in [6, 6.07) is 0. The maximum absolute atomic E-state index is 11.4. The number of carbonyl (C=O) groups is 1. The van der Waals surface area contributed by atoms with Gasteiger partial charge < -0.3 is 14.7 Å². The van der Waals surface area contributed by atoms with Crippen LogP contribution in [0, 0.1) is 12.3 Å². The van der Waals surface area contributed by atoms with Gasteiger partial charge in [-0.3, -0.25) is 0 Å². The summed E-state index contributed by atoms with van der Waals surface area (Å²) in [6.45, 7) is 3.10. The number of ether oxygens (including phenoxy) is 1. The van der Waals surface area contributed by atoms with E-state index in [0.717, 1.165) is 12.8 Å². The lowest BCUT2D eigenvalue weighted by Crippen LogP contribution is -2.35. The van der Waals surface area contributed by atoms with Gasteiger partial charge in [0.05, 0.1) is 13.2 Å². The summed E-state index contributed by atoms with van der Waals surface area (Å²) in [5.74, 6) is 2.30. The van der Waals surface area contributed by atoms with Crippen LogP contribution in [-0.2, 0) is 4.74 Å². The number of β-amino-alcohol motifs (C(OH)–C–C–N with tert-alkyl or cyclic N) is 1. The van der Waals surface area contributed by atoms with Crippen molar-refractivity contribution in [3.8, 4) is 12.3 Å². The summed E-state index contributed by atoms with van der Waals surface area (Å²) in [5, 5.41) is 9.71. The molecule has 1 atom stereocenters. The second kappa shape index (κ2) is 5.04. The molecule has 0 aromatic carbocycles. The van der Waals surface area contributed by atoms with Gasteiger partial charge in [0, 0.05) is 13.0 Å². The first-order valence-electron chi connectivity index (χ1n) is 5.23. The second-order valence-corrected chi connectivity index (χ2v) is 3.82. The molecule has 0 saturated carbocycles. The summed E-state index contributed by atoms with van der Waals surface area (Å²) in [7, 11) is 0. The maximum atomic E-state index is 11.4. The number of hydrogen-bond donors (Lipinski definition) is 1. The van der Waals surface area contributed by atoms with E-state index < -0.39 is 5.60 Å². The Morgan fingerprint density at radius 2 is 2.47 bits per heavy atom. The fraction of sp³-hybridized carbons (Fsp3) is 0.727. The third-order valence-electron chi connectivity index (χ3n) is 2.50. The summed E-state index contributed by atoms with van der Waals surface area (Å²) in [5.41, 5.74) is -1.16. The van der Waals surface area contributed by atoms with Crippen molar-refractivity contribution < 1.29 is 14.6 Å². The Labute approximate surface area is 90.2 Å². The van der Waals surface area contributed by atoms with E-state index in [-0.39, 0.29) is 12.6 Å². The molecular formula is C11H17NO3. The van der Waals surface area contributed by atoms with Crippen molar-refractivity contribution in [3.63, 3.8) is 0 Å². The average Bonchev–Trinajstić information content (AvgIpc) is 2.62. The van der Waals surface area contributed by atoms with Gasteiger partial charge in [-0.1, -0.05) is 19.3 Å². The summed E-state index contributed by atoms with van der Waals surface area (Å²) in [4.78, 5) is 12.9. The van der Waals surface area contributed by atoms with Crippen molar-refractivity contribution in [3.05, 3.63) is 0 Å². The van der Waals surface area contributed by atoms with E-state index in [4.69, 9.17) is 11.2 Å². The highest BCUT2D eigenvalue weighted by Crippen LogP contribution is 2.20. The van der Waals surface area contributed by atoms with Crippen LogP contribution in [0.3, 0.4) is 0 Å². The number of unbranched alkanes of at least 4 members (excludes halogenated alkanes) is 1. The Hall–Kier alpha value is -1.21. The molecule has 1 rings (SSSR count). The van der Waals surface area contributed by atoms with Crippen molar-refractivity contribution in [2.24, 2.45) is 0 Å². The van der Waals surface area contributed by atoms with E-state index in [2.05, 4.69) is 5.92 Å². The number of rotatable bonds is 3. The van der Waals surface area contributed by atoms with Crippen LogP contribution < -0.4 is 0 Å². The Balaban J connectivity index is 2.34. The number of carbonyl (C=O) groups excluding carboxylic acids is 1. The molecule has 0 spiro atoms. The van der Waals surface area contributed by atoms with E-state index >= 15 is 0 Å². The number of terminal acetylenes is 1. The van der Waals surface area contributed by atoms with Crippen molar-refractivity contribution in [2.45, 2.75) is 31.8 Å². The number of aliphatic hydroxyl groups is 1. The van der Waals surface area contributed by atoms with Crippen LogP contribution in [0.5, 0.6) is 0 Å². The van der Waals surface area contributed by atoms with Crippen LogP contribution in [0.15, 0.2) is 0 Å². The molecule has 15 heavy (non-hydrogen) atoms. The molecule has 1 aliphatic rings. The standard InChI is InChI=1S/C11H17NO3/c1-3-5-8-15-10(13)12-7-6-11(14,4-2)9-12/h2,14H,3,5-9H2,1H3. The van der Waals surface area contributed by atoms with E-state index in [1.165, 1.54) is 4.90 Å². The van der Waals surface area contributed by atoms with Crippen molar-refractivity contribution in [2.75, 3.05) is 19.7 Å². The molecule has 4 nitrogen and oxygen atoms in total. The Bertz CT molecular complexity index is 271. The van der Waals surface area contributed by atoms with Crippen molar-refractivity contribution in [1.29, 1.82) is 0 Å². The minimum atomic E-state index is -1.16. The quantitative estimate of drug-likeness (QED) is 0.559. The lowest BCUT2D eigenvalue weighted by atomic mass is 10.1. The van der Waals surface area contributed by atoms with Gasteiger partial charge in [-0.15, -0.1) is 6.42 Å². The smallest absolute Gasteiger partial charge is 0.409 e. The van der Waals surface area contributed by atoms with Gasteiger partial charge in [-0.25, -0.2) is 4.79 Å². The van der Waals surface area contributed by atoms with Gasteiger partial charge in [0.1, 0.15) is 5.60 Å². The van der Waals surface area contributed by atoms with Gasteiger partial charge in [0.2, 0.25) is 0 Å². The molecule has 0 bridgehead atoms. The first-order valence-corrected chi connectivity index (χ1v) is 5.23. The van der Waals surface area contributed by atoms with E-state index in [1.807, 2.05) is 6.92 Å². The molecule has 1 N–H and O–H groups in total. The zero-order valence-corrected chi connectivity index (χ0v) is 9.03. The summed E-state index contributed by atoms with van der Waals surface area (Å²) < 4.78 is 5.01. The highest BCUT2D eigenvalue weighted by Gasteiger charge is 2.37. The first-order chi connectivity index (χ1) is 7.11. The molecule has 1 saturated heterocycles. The fourth-order valence-electron chi connectivity index (χ4n) is 1.46. The lowest BCUT2D eigenvalue weighted by molar-refractivity contribution is 0.0850. The molecule has 4 heteroatoms. The molecule has 1 fully saturated rings. The highest BCUT2D eigenvalue weighted by atomic mass is 16.6. The van der Waals surface area contributed by atoms with E-state index in [9.17, 15) is 9.90 Å². The minimum absolute atomic E-state index is 0.175. The van der Waals surface area contributed by atoms with Gasteiger partial charge >= 0.3 is 6.09 Å². The van der Waals surface area contributed by atoms with Crippen LogP contribution in [0.4, 0.5) is 4.79 Å². The molecule has 0 aromatic heterocycles. The van der Waals surface area contributed by atoms with Crippen molar-refractivity contribution >= 4 is 6.09 Å². The average molecular weight is 211 g/mol. The highest BCUT2D eigenvalue weighted by molar-refractivity contribution is 5.68. The Morgan fingerprint density at radius 3 is 3.00 bits per heavy atom. The van der Waals surface area contributed by atoms with E-state index in [0.29, 0.717) is 19.6 Å². The number of amides is 1. The third-order valence-corrected chi connectivity index (χ3v) is 2.50. The summed E-state index contributed by atoms with van der Waals surface area (Å²) >= 11 is 0. The van der Waals surface area contributed by atoms with Gasteiger partial charge in [0.25, 0.3) is 0 Å². The zero-order chi connectivity index (χ0) is 11.3. The molecule has 1 unspecified atom stereocenters. The number of nitrogens with zero attached hydrogens (tertiary/aromatic N) is 1. The third kappa shape index (κ3) is 3.14. The number of hydrogen-bond acceptors (Lipinski definition) is 3. The monoisotopic (exact) mass is 211 g/mol. The predicted molar refractivity (Wildman–Crippen MR) is 56.2 cm³/mol. The van der Waals surface area contributed by atoms with Gasteiger partial charge in [-0.05, 0) is 6.42 Å². The normalized spacial score (nSPS) is 25.0. The molecule has 84 valence electrons. The molecule has 0 aromatic rings. The van der Waals surface area contributed by atoms with Crippen LogP contribution in [-0.4, -0.2) is 41.4 Å². The minimum Gasteiger partial charge on any atom is -0.449 e. The molecule has 0 radical (unpaired) electrons. The van der Waals surface area contributed by atoms with Crippen LogP contribution in [0.1, 0.15) is 26.2 Å². The predicted octanol–water partition coefficient (Wildman–Crippen LogP) is 0.993. The molecular weight excluding hydrogens is 194 g/mol. The van der Waals surface area contributed by atoms with Crippen molar-refractivity contribution in [1.82, 2.24) is 4.90 Å². The van der Waals surface area contributed by atoms with Crippen LogP contribution in [0.2, 0.25) is 0 Å². The maximum Gasteiger partial charge on any atom is 0.409 e. The van der Waals surface area contributed by atoms with Gasteiger partial charge in [0.15, 0.2) is 0 Å². The Morgan fingerprint density at radius 1 is 1.73 bits per heavy atom. The van der Waals surface area contributed by atoms with Gasteiger partial charge in [-0.2, -0.15) is 0 Å². The fourth-order valence-corrected chi connectivity index (χ4v) is 1.46. The van der Waals surface area contributed by atoms with Crippen LogP contribution >= 0.6 is 0 Å².